The first-order valence-electron chi connectivity index (χ1n) is 8.27. The Balaban J connectivity index is 1.46. The Morgan fingerprint density at radius 2 is 2.00 bits per heavy atom. The zero-order valence-corrected chi connectivity index (χ0v) is 14.6. The van der Waals surface area contributed by atoms with E-state index < -0.39 is 0 Å². The first-order valence-corrected chi connectivity index (χ1v) is 9.66. The third-order valence-corrected chi connectivity index (χ3v) is 5.94. The number of amides is 1. The summed E-state index contributed by atoms with van der Waals surface area (Å²) in [6.07, 6.45) is 6.30. The summed E-state index contributed by atoms with van der Waals surface area (Å²) >= 11 is 1.77. The molecule has 2 fully saturated rings. The summed E-state index contributed by atoms with van der Waals surface area (Å²) < 4.78 is 1.97. The third kappa shape index (κ3) is 3.31. The molecule has 1 amide bonds. The Bertz CT molecular complexity index is 516. The maximum Gasteiger partial charge on any atom is 0.226 e. The van der Waals surface area contributed by atoms with Crippen LogP contribution in [-0.4, -0.2) is 45.1 Å². The molecule has 122 valence electrons. The van der Waals surface area contributed by atoms with Crippen LogP contribution in [0, 0.1) is 23.7 Å². The van der Waals surface area contributed by atoms with Gasteiger partial charge in [-0.2, -0.15) is 11.8 Å². The Labute approximate surface area is 136 Å². The Kier molecular flexibility index (Phi) is 4.76. The fourth-order valence-corrected chi connectivity index (χ4v) is 3.99. The maximum atomic E-state index is 12.4. The quantitative estimate of drug-likeness (QED) is 0.834. The molecule has 1 aromatic heterocycles. The molecule has 22 heavy (non-hydrogen) atoms. The van der Waals surface area contributed by atoms with Gasteiger partial charge in [-0.3, -0.25) is 9.48 Å². The van der Waals surface area contributed by atoms with Crippen molar-refractivity contribution in [2.45, 2.75) is 39.0 Å². The molecular formula is C16H26N4OS. The van der Waals surface area contributed by atoms with Gasteiger partial charge in [-0.25, -0.2) is 0 Å². The number of hydrogen-bond acceptors (Lipinski definition) is 4. The van der Waals surface area contributed by atoms with Gasteiger partial charge in [0.1, 0.15) is 0 Å². The van der Waals surface area contributed by atoms with Crippen molar-refractivity contribution in [2.24, 2.45) is 23.7 Å². The summed E-state index contributed by atoms with van der Waals surface area (Å²) in [5, 5.41) is 8.40. The lowest BCUT2D eigenvalue weighted by atomic mass is 9.96. The van der Waals surface area contributed by atoms with Crippen LogP contribution in [0.25, 0.3) is 0 Å². The van der Waals surface area contributed by atoms with E-state index in [0.29, 0.717) is 29.6 Å². The molecule has 2 heterocycles. The molecule has 1 saturated carbocycles. The molecule has 1 saturated heterocycles. The van der Waals surface area contributed by atoms with Crippen LogP contribution >= 0.6 is 11.8 Å². The highest BCUT2D eigenvalue weighted by Crippen LogP contribution is 2.46. The molecule has 3 rings (SSSR count). The largest absolute Gasteiger partial charge is 0.342 e. The van der Waals surface area contributed by atoms with Gasteiger partial charge in [-0.05, 0) is 36.9 Å². The van der Waals surface area contributed by atoms with Gasteiger partial charge in [-0.1, -0.05) is 19.1 Å². The second kappa shape index (κ2) is 6.60. The summed E-state index contributed by atoms with van der Waals surface area (Å²) in [5.74, 6) is 3.37. The van der Waals surface area contributed by atoms with Crippen molar-refractivity contribution in [2.75, 3.05) is 19.3 Å². The predicted octanol–water partition coefficient (Wildman–Crippen LogP) is 2.28. The molecular weight excluding hydrogens is 296 g/mol. The van der Waals surface area contributed by atoms with Gasteiger partial charge in [0.15, 0.2) is 0 Å². The van der Waals surface area contributed by atoms with E-state index in [1.807, 2.05) is 4.68 Å². The van der Waals surface area contributed by atoms with E-state index in [-0.39, 0.29) is 0 Å². The molecule has 1 aliphatic heterocycles. The van der Waals surface area contributed by atoms with Gasteiger partial charge < -0.3 is 4.90 Å². The van der Waals surface area contributed by atoms with E-state index >= 15 is 0 Å². The van der Waals surface area contributed by atoms with Crippen LogP contribution < -0.4 is 0 Å². The first kappa shape index (κ1) is 15.8. The van der Waals surface area contributed by atoms with Gasteiger partial charge in [0.05, 0.1) is 5.69 Å². The fourth-order valence-electron chi connectivity index (χ4n) is 3.57. The summed E-state index contributed by atoms with van der Waals surface area (Å²) in [5.41, 5.74) is 1.05. The normalized spacial score (nSPS) is 28.9. The molecule has 2 aliphatic rings. The molecule has 0 bridgehead atoms. The van der Waals surface area contributed by atoms with E-state index in [1.54, 1.807) is 11.8 Å². The second-order valence-corrected chi connectivity index (χ2v) is 7.74. The molecule has 5 nitrogen and oxygen atoms in total. The van der Waals surface area contributed by atoms with Crippen molar-refractivity contribution in [3.05, 3.63) is 11.9 Å². The summed E-state index contributed by atoms with van der Waals surface area (Å²) in [6, 6.07) is 0. The van der Waals surface area contributed by atoms with Gasteiger partial charge in [-0.15, -0.1) is 5.10 Å². The van der Waals surface area contributed by atoms with E-state index in [4.69, 9.17) is 0 Å². The van der Waals surface area contributed by atoms with Crippen molar-refractivity contribution in [1.82, 2.24) is 19.9 Å². The minimum absolute atomic E-state index is 0.293. The highest BCUT2D eigenvalue weighted by atomic mass is 32.2. The molecule has 1 aromatic rings. The highest BCUT2D eigenvalue weighted by Gasteiger charge is 2.49. The molecule has 2 atom stereocenters. The number of likely N-dealkylation sites (tertiary alicyclic amines) is 1. The maximum absolute atomic E-state index is 12.4. The molecule has 0 aromatic carbocycles. The molecule has 0 N–H and O–H groups in total. The number of piperidine rings is 1. The molecule has 0 spiro atoms. The van der Waals surface area contributed by atoms with Gasteiger partial charge >= 0.3 is 0 Å². The van der Waals surface area contributed by atoms with Crippen LogP contribution in [0.15, 0.2) is 6.20 Å². The molecule has 0 radical (unpaired) electrons. The minimum atomic E-state index is 0.293. The predicted molar refractivity (Wildman–Crippen MR) is 88.4 cm³/mol. The van der Waals surface area contributed by atoms with Crippen LogP contribution in [0.5, 0.6) is 0 Å². The fraction of sp³-hybridized carbons (Fsp3) is 0.812. The monoisotopic (exact) mass is 322 g/mol. The van der Waals surface area contributed by atoms with Crippen LogP contribution in [0.3, 0.4) is 0 Å². The van der Waals surface area contributed by atoms with E-state index in [9.17, 15) is 4.79 Å². The summed E-state index contributed by atoms with van der Waals surface area (Å²) in [7, 11) is 0. The van der Waals surface area contributed by atoms with Crippen molar-refractivity contribution in [3.8, 4) is 0 Å². The van der Waals surface area contributed by atoms with Crippen LogP contribution in [0.2, 0.25) is 0 Å². The number of thioether (sulfide) groups is 1. The summed E-state index contributed by atoms with van der Waals surface area (Å²) in [4.78, 5) is 14.5. The molecule has 1 aliphatic carbocycles. The average molecular weight is 322 g/mol. The van der Waals surface area contributed by atoms with Crippen LogP contribution in [0.4, 0.5) is 0 Å². The number of hydrogen-bond donors (Lipinski definition) is 0. The second-order valence-electron chi connectivity index (χ2n) is 6.88. The van der Waals surface area contributed by atoms with Crippen LogP contribution in [0.1, 0.15) is 32.4 Å². The Morgan fingerprint density at radius 3 is 2.59 bits per heavy atom. The Hall–Kier alpha value is -1.04. The lowest BCUT2D eigenvalue weighted by Crippen LogP contribution is -2.40. The van der Waals surface area contributed by atoms with Gasteiger partial charge in [0, 0.05) is 37.5 Å². The number of carbonyl (C=O) groups is 1. The molecule has 0 unspecified atom stereocenters. The van der Waals surface area contributed by atoms with E-state index in [2.05, 4.69) is 41.5 Å². The Morgan fingerprint density at radius 1 is 1.32 bits per heavy atom. The van der Waals surface area contributed by atoms with E-state index in [0.717, 1.165) is 43.9 Å². The van der Waals surface area contributed by atoms with E-state index in [1.165, 1.54) is 0 Å². The third-order valence-electron chi connectivity index (χ3n) is 5.36. The number of aromatic nitrogens is 3. The minimum Gasteiger partial charge on any atom is -0.342 e. The van der Waals surface area contributed by atoms with Gasteiger partial charge in [0.2, 0.25) is 5.91 Å². The number of nitrogens with zero attached hydrogens (tertiary/aromatic N) is 4. The summed E-state index contributed by atoms with van der Waals surface area (Å²) in [6.45, 7) is 7.13. The topological polar surface area (TPSA) is 51.0 Å². The zero-order valence-electron chi connectivity index (χ0n) is 13.7. The van der Waals surface area contributed by atoms with Crippen molar-refractivity contribution in [3.63, 3.8) is 0 Å². The van der Waals surface area contributed by atoms with Crippen molar-refractivity contribution < 1.29 is 4.79 Å². The standard InChI is InChI=1S/C16H26N4OS/c1-11-12(2)15(11)16(21)19-6-4-13(5-7-19)8-20-9-14(10-22-3)17-18-20/h9,11-13,15H,4-8,10H2,1-3H3/t11-,12-/m0/s1. The number of rotatable bonds is 5. The van der Waals surface area contributed by atoms with Gasteiger partial charge in [0.25, 0.3) is 0 Å². The van der Waals surface area contributed by atoms with Crippen LogP contribution in [-0.2, 0) is 17.1 Å². The molecule has 6 heteroatoms. The van der Waals surface area contributed by atoms with Crippen molar-refractivity contribution in [1.29, 1.82) is 0 Å². The van der Waals surface area contributed by atoms with Crippen molar-refractivity contribution >= 4 is 17.7 Å². The smallest absolute Gasteiger partial charge is 0.226 e. The lowest BCUT2D eigenvalue weighted by molar-refractivity contribution is -0.134. The lowest BCUT2D eigenvalue weighted by Gasteiger charge is -2.32. The zero-order chi connectivity index (χ0) is 15.7. The first-order chi connectivity index (χ1) is 10.6. The number of carbonyl (C=O) groups excluding carboxylic acids is 1. The highest BCUT2D eigenvalue weighted by molar-refractivity contribution is 7.97. The average Bonchev–Trinajstić information content (AvgIpc) is 2.90. The SMILES string of the molecule is CSCc1cn(CC2CCN(C(=O)C3[C@@H](C)[C@@H]3C)CC2)nn1.